The van der Waals surface area contributed by atoms with E-state index in [1.54, 1.807) is 0 Å². The zero-order valence-corrected chi connectivity index (χ0v) is 18.9. The van der Waals surface area contributed by atoms with Crippen LogP contribution in [-0.2, 0) is 4.74 Å². The van der Waals surface area contributed by atoms with Gasteiger partial charge in [-0.05, 0) is 70.9 Å². The maximum absolute atomic E-state index is 12.7. The third kappa shape index (κ3) is 4.57. The molecule has 2 N–H and O–H groups in total. The van der Waals surface area contributed by atoms with Crippen LogP contribution in [0, 0.1) is 6.92 Å². The SMILES string of the molecule is CN=C(NC1CC2CCC(C1)N2C(=O)OC(C)(C)C)NC1CC1c1ccccc1C. The maximum Gasteiger partial charge on any atom is 0.410 e. The molecule has 1 aliphatic carbocycles. The molecule has 30 heavy (non-hydrogen) atoms. The number of fused-ring (bicyclic) bond motifs is 2. The minimum Gasteiger partial charge on any atom is -0.444 e. The third-order valence-electron chi connectivity index (χ3n) is 6.60. The zero-order valence-electron chi connectivity index (χ0n) is 18.9. The lowest BCUT2D eigenvalue weighted by Crippen LogP contribution is -2.55. The molecule has 2 bridgehead atoms. The second kappa shape index (κ2) is 8.12. The Morgan fingerprint density at radius 1 is 1.10 bits per heavy atom. The first-order chi connectivity index (χ1) is 14.2. The van der Waals surface area contributed by atoms with E-state index in [0.29, 0.717) is 18.0 Å². The Kier molecular flexibility index (Phi) is 5.69. The monoisotopic (exact) mass is 412 g/mol. The minimum atomic E-state index is -0.449. The molecule has 2 saturated heterocycles. The van der Waals surface area contributed by atoms with Gasteiger partial charge in [0.15, 0.2) is 5.96 Å². The Morgan fingerprint density at radius 3 is 2.37 bits per heavy atom. The van der Waals surface area contributed by atoms with E-state index in [0.717, 1.165) is 38.1 Å². The van der Waals surface area contributed by atoms with Crippen LogP contribution >= 0.6 is 0 Å². The summed E-state index contributed by atoms with van der Waals surface area (Å²) >= 11 is 0. The molecule has 2 heterocycles. The summed E-state index contributed by atoms with van der Waals surface area (Å²) in [6.45, 7) is 7.97. The van der Waals surface area contributed by atoms with Crippen molar-refractivity contribution in [3.63, 3.8) is 0 Å². The Morgan fingerprint density at radius 2 is 1.77 bits per heavy atom. The van der Waals surface area contributed by atoms with Crippen LogP contribution in [0.25, 0.3) is 0 Å². The van der Waals surface area contributed by atoms with Crippen molar-refractivity contribution >= 4 is 12.1 Å². The molecule has 6 nitrogen and oxygen atoms in total. The lowest BCUT2D eigenvalue weighted by Gasteiger charge is -2.40. The molecule has 0 aromatic heterocycles. The average molecular weight is 413 g/mol. The summed E-state index contributed by atoms with van der Waals surface area (Å²) in [6.07, 6.45) is 5.01. The van der Waals surface area contributed by atoms with Crippen molar-refractivity contribution in [3.05, 3.63) is 35.4 Å². The number of guanidine groups is 1. The van der Waals surface area contributed by atoms with Gasteiger partial charge in [0.2, 0.25) is 0 Å². The predicted octanol–water partition coefficient (Wildman–Crippen LogP) is 3.95. The Hall–Kier alpha value is -2.24. The fourth-order valence-corrected chi connectivity index (χ4v) is 5.15. The van der Waals surface area contributed by atoms with Crippen molar-refractivity contribution < 1.29 is 9.53 Å². The molecular weight excluding hydrogens is 376 g/mol. The standard InChI is InChI=1S/C24H36N4O2/c1-15-8-6-7-9-19(15)20-14-21(20)27-22(25-5)26-16-12-17-10-11-18(13-16)28(17)23(29)30-24(2,3)4/h6-9,16-18,20-21H,10-14H2,1-5H3,(H2,25,26,27). The summed E-state index contributed by atoms with van der Waals surface area (Å²) in [4.78, 5) is 19.1. The van der Waals surface area contributed by atoms with E-state index in [2.05, 4.69) is 46.8 Å². The first kappa shape index (κ1) is 21.0. The summed E-state index contributed by atoms with van der Waals surface area (Å²) in [5, 5.41) is 7.24. The first-order valence-electron chi connectivity index (χ1n) is 11.3. The number of rotatable bonds is 3. The average Bonchev–Trinajstić information content (AvgIpc) is 3.37. The molecule has 2 aliphatic heterocycles. The highest BCUT2D eigenvalue weighted by Crippen LogP contribution is 2.42. The molecule has 164 valence electrons. The molecule has 1 amide bonds. The first-order valence-corrected chi connectivity index (χ1v) is 11.3. The van der Waals surface area contributed by atoms with Gasteiger partial charge in [-0.2, -0.15) is 0 Å². The lowest BCUT2D eigenvalue weighted by atomic mass is 9.98. The van der Waals surface area contributed by atoms with Crippen molar-refractivity contribution in [2.24, 2.45) is 4.99 Å². The van der Waals surface area contributed by atoms with E-state index in [9.17, 15) is 4.79 Å². The number of carbonyl (C=O) groups excluding carboxylic acids is 1. The zero-order chi connectivity index (χ0) is 21.5. The van der Waals surface area contributed by atoms with Crippen molar-refractivity contribution in [2.75, 3.05) is 7.05 Å². The predicted molar refractivity (Wildman–Crippen MR) is 120 cm³/mol. The van der Waals surface area contributed by atoms with E-state index in [1.165, 1.54) is 11.1 Å². The topological polar surface area (TPSA) is 66.0 Å². The van der Waals surface area contributed by atoms with Crippen molar-refractivity contribution in [2.45, 2.75) is 95.5 Å². The molecule has 0 radical (unpaired) electrons. The molecule has 3 aliphatic rings. The summed E-state index contributed by atoms with van der Waals surface area (Å²) in [6, 6.07) is 9.94. The summed E-state index contributed by atoms with van der Waals surface area (Å²) < 4.78 is 5.65. The van der Waals surface area contributed by atoms with Gasteiger partial charge in [0.25, 0.3) is 0 Å². The molecule has 4 unspecified atom stereocenters. The number of hydrogen-bond donors (Lipinski definition) is 2. The third-order valence-corrected chi connectivity index (χ3v) is 6.60. The Balaban J connectivity index is 1.31. The lowest BCUT2D eigenvalue weighted by molar-refractivity contribution is 0.00545. The van der Waals surface area contributed by atoms with Gasteiger partial charge in [0.1, 0.15) is 5.60 Å². The number of nitrogens with zero attached hydrogens (tertiary/aromatic N) is 2. The van der Waals surface area contributed by atoms with Crippen molar-refractivity contribution in [1.82, 2.24) is 15.5 Å². The number of piperidine rings is 1. The molecule has 1 aromatic carbocycles. The molecule has 4 rings (SSSR count). The molecule has 6 heteroatoms. The summed E-state index contributed by atoms with van der Waals surface area (Å²) in [7, 11) is 1.84. The van der Waals surface area contributed by atoms with Gasteiger partial charge in [-0.15, -0.1) is 0 Å². The fourth-order valence-electron chi connectivity index (χ4n) is 5.15. The molecule has 4 atom stereocenters. The molecular formula is C24H36N4O2. The number of aryl methyl sites for hydroxylation is 1. The van der Waals surface area contributed by atoms with Crippen LogP contribution in [0.4, 0.5) is 4.79 Å². The number of aliphatic imine (C=N–C) groups is 1. The maximum atomic E-state index is 12.7. The minimum absolute atomic E-state index is 0.157. The van der Waals surface area contributed by atoms with Crippen LogP contribution in [-0.4, -0.2) is 53.8 Å². The highest BCUT2D eigenvalue weighted by atomic mass is 16.6. The molecule has 0 spiro atoms. The van der Waals surface area contributed by atoms with Gasteiger partial charge in [-0.25, -0.2) is 4.79 Å². The smallest absolute Gasteiger partial charge is 0.410 e. The highest BCUT2D eigenvalue weighted by molar-refractivity contribution is 5.81. The van der Waals surface area contributed by atoms with Crippen LogP contribution in [0.15, 0.2) is 29.3 Å². The second-order valence-electron chi connectivity index (χ2n) is 10.1. The van der Waals surface area contributed by atoms with E-state index >= 15 is 0 Å². The largest absolute Gasteiger partial charge is 0.444 e. The fraction of sp³-hybridized carbons (Fsp3) is 0.667. The number of nitrogens with one attached hydrogen (secondary N) is 2. The quantitative estimate of drug-likeness (QED) is 0.583. The number of hydrogen-bond acceptors (Lipinski definition) is 3. The van der Waals surface area contributed by atoms with Gasteiger partial charge in [-0.1, -0.05) is 24.3 Å². The number of benzene rings is 1. The van der Waals surface area contributed by atoms with E-state index in [1.807, 2.05) is 32.7 Å². The van der Waals surface area contributed by atoms with Crippen LogP contribution in [0.5, 0.6) is 0 Å². The number of carbonyl (C=O) groups is 1. The number of amides is 1. The molecule has 3 fully saturated rings. The molecule has 1 aromatic rings. The van der Waals surface area contributed by atoms with Gasteiger partial charge in [0, 0.05) is 37.1 Å². The summed E-state index contributed by atoms with van der Waals surface area (Å²) in [5.74, 6) is 1.45. The normalized spacial score (nSPS) is 30.8. The van der Waals surface area contributed by atoms with Gasteiger partial charge < -0.3 is 20.3 Å². The van der Waals surface area contributed by atoms with Gasteiger partial charge in [0.05, 0.1) is 0 Å². The van der Waals surface area contributed by atoms with E-state index in [-0.39, 0.29) is 18.2 Å². The Bertz CT molecular complexity index is 802. The van der Waals surface area contributed by atoms with Gasteiger partial charge >= 0.3 is 6.09 Å². The van der Waals surface area contributed by atoms with Crippen molar-refractivity contribution in [1.29, 1.82) is 0 Å². The van der Waals surface area contributed by atoms with E-state index < -0.39 is 5.60 Å². The number of ether oxygens (including phenoxy) is 1. The van der Waals surface area contributed by atoms with Crippen molar-refractivity contribution in [3.8, 4) is 0 Å². The molecule has 1 saturated carbocycles. The van der Waals surface area contributed by atoms with Crippen LogP contribution in [0.2, 0.25) is 0 Å². The highest BCUT2D eigenvalue weighted by Gasteiger charge is 2.45. The second-order valence-corrected chi connectivity index (χ2v) is 10.1. The van der Waals surface area contributed by atoms with E-state index in [4.69, 9.17) is 4.74 Å². The van der Waals surface area contributed by atoms with Gasteiger partial charge in [-0.3, -0.25) is 4.99 Å². The van der Waals surface area contributed by atoms with Crippen LogP contribution in [0.1, 0.15) is 69.9 Å². The Labute approximate surface area is 180 Å². The van der Waals surface area contributed by atoms with Crippen LogP contribution in [0.3, 0.4) is 0 Å². The summed E-state index contributed by atoms with van der Waals surface area (Å²) in [5.41, 5.74) is 2.35. The van der Waals surface area contributed by atoms with Crippen LogP contribution < -0.4 is 10.6 Å².